The molecule has 94 valence electrons. The fourth-order valence-electron chi connectivity index (χ4n) is 1.70. The number of rotatable bonds is 3. The second kappa shape index (κ2) is 5.00. The van der Waals surface area contributed by atoms with Crippen molar-refractivity contribution in [3.8, 4) is 0 Å². The standard InChI is InChI=1S/C12H10Cl2N2O2/c1-6-2-10(15-5-11(17)18)8-3-7(13)4-9(14)12(8)16-6/h2-4H,5H2,1H3,(H,15,16)(H,17,18). The van der Waals surface area contributed by atoms with E-state index in [9.17, 15) is 4.79 Å². The molecule has 0 aliphatic rings. The van der Waals surface area contributed by atoms with Gasteiger partial charge in [-0.25, -0.2) is 0 Å². The van der Waals surface area contributed by atoms with E-state index in [0.717, 1.165) is 5.69 Å². The molecule has 0 radical (unpaired) electrons. The molecule has 0 fully saturated rings. The Morgan fingerprint density at radius 2 is 2.11 bits per heavy atom. The molecule has 0 amide bonds. The highest BCUT2D eigenvalue weighted by Crippen LogP contribution is 2.31. The van der Waals surface area contributed by atoms with Gasteiger partial charge in [0.25, 0.3) is 0 Å². The predicted molar refractivity (Wildman–Crippen MR) is 72.6 cm³/mol. The lowest BCUT2D eigenvalue weighted by Gasteiger charge is -2.10. The second-order valence-electron chi connectivity index (χ2n) is 3.84. The number of aromatic nitrogens is 1. The molecule has 2 rings (SSSR count). The van der Waals surface area contributed by atoms with Gasteiger partial charge in [-0.15, -0.1) is 0 Å². The number of nitrogens with zero attached hydrogens (tertiary/aromatic N) is 1. The van der Waals surface area contributed by atoms with Crippen molar-refractivity contribution in [1.29, 1.82) is 0 Å². The second-order valence-corrected chi connectivity index (χ2v) is 4.69. The molecule has 0 unspecified atom stereocenters. The van der Waals surface area contributed by atoms with E-state index >= 15 is 0 Å². The first-order chi connectivity index (χ1) is 8.47. The Hall–Kier alpha value is -1.52. The molecule has 2 N–H and O–H groups in total. The van der Waals surface area contributed by atoms with Gasteiger partial charge in [0.05, 0.1) is 10.5 Å². The van der Waals surface area contributed by atoms with Crippen LogP contribution in [0.25, 0.3) is 10.9 Å². The molecule has 1 aromatic heterocycles. The summed E-state index contributed by atoms with van der Waals surface area (Å²) in [6.07, 6.45) is 0. The Morgan fingerprint density at radius 1 is 1.39 bits per heavy atom. The van der Waals surface area contributed by atoms with Crippen LogP contribution in [0.3, 0.4) is 0 Å². The highest BCUT2D eigenvalue weighted by molar-refractivity contribution is 6.38. The normalized spacial score (nSPS) is 10.6. The average molecular weight is 285 g/mol. The van der Waals surface area contributed by atoms with E-state index in [4.69, 9.17) is 28.3 Å². The number of hydrogen-bond acceptors (Lipinski definition) is 3. The zero-order valence-corrected chi connectivity index (χ0v) is 11.0. The number of pyridine rings is 1. The SMILES string of the molecule is Cc1cc(NCC(=O)O)c2cc(Cl)cc(Cl)c2n1. The van der Waals surface area contributed by atoms with Gasteiger partial charge in [-0.3, -0.25) is 9.78 Å². The Balaban J connectivity index is 2.60. The van der Waals surface area contributed by atoms with Crippen molar-refractivity contribution in [2.75, 3.05) is 11.9 Å². The van der Waals surface area contributed by atoms with Gasteiger partial charge >= 0.3 is 5.97 Å². The van der Waals surface area contributed by atoms with Gasteiger partial charge in [0.1, 0.15) is 6.54 Å². The van der Waals surface area contributed by atoms with E-state index < -0.39 is 5.97 Å². The lowest BCUT2D eigenvalue weighted by Crippen LogP contribution is -2.12. The highest BCUT2D eigenvalue weighted by Gasteiger charge is 2.09. The van der Waals surface area contributed by atoms with E-state index in [0.29, 0.717) is 26.6 Å². The van der Waals surface area contributed by atoms with Crippen LogP contribution in [0, 0.1) is 6.92 Å². The summed E-state index contributed by atoms with van der Waals surface area (Å²) in [7, 11) is 0. The largest absolute Gasteiger partial charge is 0.480 e. The lowest BCUT2D eigenvalue weighted by atomic mass is 10.1. The molecule has 2 aromatic rings. The van der Waals surface area contributed by atoms with Crippen molar-refractivity contribution in [2.24, 2.45) is 0 Å². The van der Waals surface area contributed by atoms with Gasteiger partial charge in [-0.1, -0.05) is 23.2 Å². The molecule has 0 bridgehead atoms. The fraction of sp³-hybridized carbons (Fsp3) is 0.167. The summed E-state index contributed by atoms with van der Waals surface area (Å²) in [6.45, 7) is 1.64. The van der Waals surface area contributed by atoms with Crippen molar-refractivity contribution >= 4 is 45.8 Å². The summed E-state index contributed by atoms with van der Waals surface area (Å²) in [5, 5.41) is 13.2. The fourth-order valence-corrected chi connectivity index (χ4v) is 2.23. The van der Waals surface area contributed by atoms with Crippen molar-refractivity contribution in [2.45, 2.75) is 6.92 Å². The molecule has 0 saturated heterocycles. The molecule has 0 aliphatic carbocycles. The number of aliphatic carboxylic acids is 1. The molecule has 6 heteroatoms. The van der Waals surface area contributed by atoms with E-state index in [1.54, 1.807) is 18.2 Å². The van der Waals surface area contributed by atoms with Crippen LogP contribution in [0.4, 0.5) is 5.69 Å². The van der Waals surface area contributed by atoms with Gasteiger partial charge in [0, 0.05) is 21.8 Å². The third-order valence-electron chi connectivity index (χ3n) is 2.39. The van der Waals surface area contributed by atoms with Gasteiger partial charge in [0.15, 0.2) is 0 Å². The minimum atomic E-state index is -0.939. The van der Waals surface area contributed by atoms with E-state index in [1.165, 1.54) is 0 Å². The molecule has 0 atom stereocenters. The van der Waals surface area contributed by atoms with Gasteiger partial charge in [0.2, 0.25) is 0 Å². The Bertz CT molecular complexity index is 629. The van der Waals surface area contributed by atoms with Crippen molar-refractivity contribution < 1.29 is 9.90 Å². The maximum atomic E-state index is 10.6. The van der Waals surface area contributed by atoms with Crippen molar-refractivity contribution in [3.63, 3.8) is 0 Å². The Morgan fingerprint density at radius 3 is 2.78 bits per heavy atom. The molecule has 1 aromatic carbocycles. The number of fused-ring (bicyclic) bond motifs is 1. The van der Waals surface area contributed by atoms with Crippen LogP contribution in [0.2, 0.25) is 10.0 Å². The number of hydrogen-bond donors (Lipinski definition) is 2. The first kappa shape index (κ1) is 12.9. The summed E-state index contributed by atoms with van der Waals surface area (Å²) >= 11 is 12.0. The van der Waals surface area contributed by atoms with E-state index in [-0.39, 0.29) is 6.54 Å². The van der Waals surface area contributed by atoms with Crippen LogP contribution in [0.1, 0.15) is 5.69 Å². The number of carboxylic acids is 1. The summed E-state index contributed by atoms with van der Waals surface area (Å²) in [5.41, 5.74) is 2.01. The van der Waals surface area contributed by atoms with Crippen LogP contribution in [0.15, 0.2) is 18.2 Å². The third-order valence-corrected chi connectivity index (χ3v) is 2.90. The number of nitrogens with one attached hydrogen (secondary N) is 1. The summed E-state index contributed by atoms with van der Waals surface area (Å²) < 4.78 is 0. The molecule has 1 heterocycles. The zero-order valence-electron chi connectivity index (χ0n) is 9.50. The first-order valence-corrected chi connectivity index (χ1v) is 5.95. The van der Waals surface area contributed by atoms with Crippen LogP contribution in [-0.2, 0) is 4.79 Å². The molecule has 18 heavy (non-hydrogen) atoms. The molecule has 0 aliphatic heterocycles. The maximum absolute atomic E-state index is 10.6. The first-order valence-electron chi connectivity index (χ1n) is 5.19. The third kappa shape index (κ3) is 2.66. The summed E-state index contributed by atoms with van der Waals surface area (Å²) in [6, 6.07) is 5.08. The number of carbonyl (C=O) groups is 1. The van der Waals surface area contributed by atoms with Crippen molar-refractivity contribution in [3.05, 3.63) is 33.9 Å². The van der Waals surface area contributed by atoms with Crippen LogP contribution in [0.5, 0.6) is 0 Å². The number of aryl methyl sites for hydroxylation is 1. The molecule has 4 nitrogen and oxygen atoms in total. The zero-order chi connectivity index (χ0) is 13.3. The van der Waals surface area contributed by atoms with E-state index in [2.05, 4.69) is 10.3 Å². The number of benzene rings is 1. The topological polar surface area (TPSA) is 62.2 Å². The highest BCUT2D eigenvalue weighted by atomic mass is 35.5. The Kier molecular flexibility index (Phi) is 3.59. The molecular weight excluding hydrogens is 275 g/mol. The van der Waals surface area contributed by atoms with Crippen LogP contribution < -0.4 is 5.32 Å². The maximum Gasteiger partial charge on any atom is 0.322 e. The number of halogens is 2. The minimum Gasteiger partial charge on any atom is -0.480 e. The van der Waals surface area contributed by atoms with Crippen LogP contribution >= 0.6 is 23.2 Å². The lowest BCUT2D eigenvalue weighted by molar-refractivity contribution is -0.134. The molecule has 0 saturated carbocycles. The summed E-state index contributed by atoms with van der Waals surface area (Å²) in [5.74, 6) is -0.939. The average Bonchev–Trinajstić information content (AvgIpc) is 2.27. The predicted octanol–water partition coefficient (Wildman–Crippen LogP) is 3.35. The quantitative estimate of drug-likeness (QED) is 0.907. The van der Waals surface area contributed by atoms with Gasteiger partial charge < -0.3 is 10.4 Å². The van der Waals surface area contributed by atoms with Gasteiger partial charge in [-0.2, -0.15) is 0 Å². The minimum absolute atomic E-state index is 0.178. The Labute approximate surface area is 114 Å². The van der Waals surface area contributed by atoms with Crippen LogP contribution in [-0.4, -0.2) is 22.6 Å². The van der Waals surface area contributed by atoms with E-state index in [1.807, 2.05) is 6.92 Å². The smallest absolute Gasteiger partial charge is 0.322 e. The van der Waals surface area contributed by atoms with Crippen molar-refractivity contribution in [1.82, 2.24) is 4.98 Å². The van der Waals surface area contributed by atoms with Gasteiger partial charge in [-0.05, 0) is 25.1 Å². The summed E-state index contributed by atoms with van der Waals surface area (Å²) in [4.78, 5) is 14.9. The molecular formula is C12H10Cl2N2O2. The number of carboxylic acid groups (broad SMARTS) is 1. The monoisotopic (exact) mass is 284 g/mol. The molecule has 0 spiro atoms. The number of anilines is 1.